The summed E-state index contributed by atoms with van der Waals surface area (Å²) in [6, 6.07) is 21.8. The van der Waals surface area contributed by atoms with Crippen LogP contribution in [0.4, 0.5) is 0 Å². The molecule has 1 nitrogen and oxygen atoms in total. The van der Waals surface area contributed by atoms with E-state index in [2.05, 4.69) is 79.7 Å². The molecular weight excluding hydrogens is 237 g/mol. The maximum Gasteiger partial charge on any atom is 0.00206 e. The third kappa shape index (κ3) is 3.66. The number of hydrogen-bond acceptors (Lipinski definition) is 1. The highest BCUT2D eigenvalue weighted by atomic mass is 31.1. The van der Waals surface area contributed by atoms with Crippen molar-refractivity contribution >= 4 is 18.5 Å². The lowest BCUT2D eigenvalue weighted by Gasteiger charge is -2.20. The smallest absolute Gasteiger partial charge is 0.00206 e. The summed E-state index contributed by atoms with van der Waals surface area (Å²) in [5.74, 6) is 0. The molecule has 94 valence electrons. The molecule has 0 saturated carbocycles. The maximum atomic E-state index is 2.27. The second kappa shape index (κ2) is 6.68. The van der Waals surface area contributed by atoms with Crippen LogP contribution in [0.2, 0.25) is 0 Å². The molecular formula is C16H20NP. The Bertz CT molecular complexity index is 414. The van der Waals surface area contributed by atoms with E-state index in [1.54, 1.807) is 0 Å². The van der Waals surface area contributed by atoms with Gasteiger partial charge in [-0.05, 0) is 38.8 Å². The van der Waals surface area contributed by atoms with Gasteiger partial charge in [-0.2, -0.15) is 0 Å². The van der Waals surface area contributed by atoms with Crippen LogP contribution < -0.4 is 10.6 Å². The minimum atomic E-state index is -0.225. The van der Waals surface area contributed by atoms with E-state index in [0.717, 1.165) is 6.54 Å². The van der Waals surface area contributed by atoms with E-state index in [1.165, 1.54) is 16.8 Å². The van der Waals surface area contributed by atoms with E-state index in [9.17, 15) is 0 Å². The van der Waals surface area contributed by atoms with Crippen LogP contribution in [0.3, 0.4) is 0 Å². The Hall–Kier alpha value is -1.17. The van der Waals surface area contributed by atoms with Crippen molar-refractivity contribution in [3.8, 4) is 0 Å². The Kier molecular flexibility index (Phi) is 4.92. The Morgan fingerprint density at radius 1 is 0.778 bits per heavy atom. The fourth-order valence-electron chi connectivity index (χ4n) is 1.92. The molecule has 0 atom stereocenters. The lowest BCUT2D eigenvalue weighted by atomic mass is 10.4. The van der Waals surface area contributed by atoms with Gasteiger partial charge >= 0.3 is 0 Å². The first-order chi connectivity index (χ1) is 8.77. The lowest BCUT2D eigenvalue weighted by Crippen LogP contribution is -2.22. The molecule has 2 heteroatoms. The van der Waals surface area contributed by atoms with Gasteiger partial charge in [-0.25, -0.2) is 0 Å². The zero-order valence-corrected chi connectivity index (χ0v) is 12.0. The fraction of sp³-hybridized carbons (Fsp3) is 0.250. The minimum Gasteiger partial charge on any atom is -0.309 e. The number of rotatable bonds is 5. The van der Waals surface area contributed by atoms with Gasteiger partial charge in [0, 0.05) is 6.54 Å². The SMILES string of the molecule is CN(C)CCP(c1ccccc1)c1ccccc1. The quantitative estimate of drug-likeness (QED) is 0.744. The molecule has 0 amide bonds. The van der Waals surface area contributed by atoms with Crippen LogP contribution in [0.25, 0.3) is 0 Å². The summed E-state index contributed by atoms with van der Waals surface area (Å²) in [5, 5.41) is 2.95. The third-order valence-electron chi connectivity index (χ3n) is 2.91. The molecule has 18 heavy (non-hydrogen) atoms. The average molecular weight is 257 g/mol. The van der Waals surface area contributed by atoms with Gasteiger partial charge in [0.15, 0.2) is 0 Å². The Morgan fingerprint density at radius 2 is 1.22 bits per heavy atom. The fourth-order valence-corrected chi connectivity index (χ4v) is 4.40. The second-order valence-electron chi connectivity index (χ2n) is 4.63. The molecule has 0 N–H and O–H groups in total. The number of hydrogen-bond donors (Lipinski definition) is 0. The van der Waals surface area contributed by atoms with Gasteiger partial charge in [0.2, 0.25) is 0 Å². The average Bonchev–Trinajstić information content (AvgIpc) is 2.41. The van der Waals surface area contributed by atoms with Gasteiger partial charge in [-0.15, -0.1) is 0 Å². The highest BCUT2D eigenvalue weighted by Crippen LogP contribution is 2.32. The molecule has 0 saturated heterocycles. The molecule has 0 aliphatic rings. The van der Waals surface area contributed by atoms with Gasteiger partial charge in [-0.3, -0.25) is 0 Å². The molecule has 2 aromatic rings. The van der Waals surface area contributed by atoms with Crippen LogP contribution in [-0.2, 0) is 0 Å². The molecule has 0 unspecified atom stereocenters. The Balaban J connectivity index is 2.24. The van der Waals surface area contributed by atoms with E-state index in [0.29, 0.717) is 0 Å². The molecule has 0 heterocycles. The van der Waals surface area contributed by atoms with Crippen LogP contribution in [0.15, 0.2) is 60.7 Å². The Morgan fingerprint density at radius 3 is 1.61 bits per heavy atom. The minimum absolute atomic E-state index is 0.225. The number of benzene rings is 2. The van der Waals surface area contributed by atoms with Crippen LogP contribution >= 0.6 is 7.92 Å². The van der Waals surface area contributed by atoms with Gasteiger partial charge in [0.25, 0.3) is 0 Å². The van der Waals surface area contributed by atoms with Gasteiger partial charge in [-0.1, -0.05) is 60.7 Å². The molecule has 0 fully saturated rings. The van der Waals surface area contributed by atoms with E-state index in [4.69, 9.17) is 0 Å². The van der Waals surface area contributed by atoms with Crippen molar-refractivity contribution in [1.29, 1.82) is 0 Å². The zero-order chi connectivity index (χ0) is 12.8. The van der Waals surface area contributed by atoms with Gasteiger partial charge in [0.1, 0.15) is 0 Å². The first-order valence-corrected chi connectivity index (χ1v) is 7.82. The van der Waals surface area contributed by atoms with Crippen molar-refractivity contribution in [2.45, 2.75) is 0 Å². The summed E-state index contributed by atoms with van der Waals surface area (Å²) in [6.45, 7) is 1.13. The normalized spacial score (nSPS) is 11.1. The summed E-state index contributed by atoms with van der Waals surface area (Å²) in [7, 11) is 4.06. The van der Waals surface area contributed by atoms with E-state index >= 15 is 0 Å². The first kappa shape index (κ1) is 13.3. The summed E-state index contributed by atoms with van der Waals surface area (Å²) >= 11 is 0. The van der Waals surface area contributed by atoms with Gasteiger partial charge < -0.3 is 4.90 Å². The predicted molar refractivity (Wildman–Crippen MR) is 82.5 cm³/mol. The summed E-state index contributed by atoms with van der Waals surface area (Å²) in [6.07, 6.45) is 1.22. The monoisotopic (exact) mass is 257 g/mol. The molecule has 2 rings (SSSR count). The van der Waals surface area contributed by atoms with Crippen molar-refractivity contribution in [1.82, 2.24) is 4.90 Å². The molecule has 0 radical (unpaired) electrons. The van der Waals surface area contributed by atoms with Crippen molar-refractivity contribution in [2.24, 2.45) is 0 Å². The highest BCUT2D eigenvalue weighted by Gasteiger charge is 2.12. The van der Waals surface area contributed by atoms with Crippen LogP contribution in [0.1, 0.15) is 0 Å². The topological polar surface area (TPSA) is 3.24 Å². The highest BCUT2D eigenvalue weighted by molar-refractivity contribution is 7.73. The largest absolute Gasteiger partial charge is 0.309 e. The first-order valence-electron chi connectivity index (χ1n) is 6.30. The second-order valence-corrected chi connectivity index (χ2v) is 6.96. The van der Waals surface area contributed by atoms with Crippen molar-refractivity contribution < 1.29 is 0 Å². The van der Waals surface area contributed by atoms with Crippen LogP contribution in [-0.4, -0.2) is 31.7 Å². The van der Waals surface area contributed by atoms with Crippen molar-refractivity contribution in [3.05, 3.63) is 60.7 Å². The molecule has 0 aliphatic carbocycles. The standard InChI is InChI=1S/C16H20NP/c1-17(2)13-14-18(15-9-5-3-6-10-15)16-11-7-4-8-12-16/h3-12H,13-14H2,1-2H3. The molecule has 0 aliphatic heterocycles. The molecule has 0 aromatic heterocycles. The predicted octanol–water partition coefficient (Wildman–Crippen LogP) is 2.68. The van der Waals surface area contributed by atoms with Crippen molar-refractivity contribution in [3.63, 3.8) is 0 Å². The Labute approximate surface area is 111 Å². The van der Waals surface area contributed by atoms with Crippen LogP contribution in [0.5, 0.6) is 0 Å². The van der Waals surface area contributed by atoms with E-state index in [1.807, 2.05) is 0 Å². The van der Waals surface area contributed by atoms with E-state index < -0.39 is 0 Å². The van der Waals surface area contributed by atoms with Crippen LogP contribution in [0, 0.1) is 0 Å². The molecule has 2 aromatic carbocycles. The van der Waals surface area contributed by atoms with Gasteiger partial charge in [0.05, 0.1) is 0 Å². The molecule has 0 spiro atoms. The summed E-state index contributed by atoms with van der Waals surface area (Å²) in [4.78, 5) is 2.27. The molecule has 0 bridgehead atoms. The summed E-state index contributed by atoms with van der Waals surface area (Å²) < 4.78 is 0. The van der Waals surface area contributed by atoms with E-state index in [-0.39, 0.29) is 7.92 Å². The lowest BCUT2D eigenvalue weighted by molar-refractivity contribution is 0.437. The third-order valence-corrected chi connectivity index (χ3v) is 5.40. The number of nitrogens with zero attached hydrogens (tertiary/aromatic N) is 1. The summed E-state index contributed by atoms with van der Waals surface area (Å²) in [5.41, 5.74) is 0. The van der Waals surface area contributed by atoms with Crippen molar-refractivity contribution in [2.75, 3.05) is 26.8 Å². The maximum absolute atomic E-state index is 2.27. The zero-order valence-electron chi connectivity index (χ0n) is 11.1.